The maximum absolute atomic E-state index is 12.8. The number of amides is 1. The lowest BCUT2D eigenvalue weighted by Crippen LogP contribution is -2.16. The molecule has 0 fully saturated rings. The lowest BCUT2D eigenvalue weighted by molar-refractivity contribution is -0.115. The van der Waals surface area contributed by atoms with E-state index in [-0.39, 0.29) is 12.3 Å². The molecule has 0 aliphatic rings. The number of hydrogen-bond acceptors (Lipinski definition) is 4. The fourth-order valence-corrected chi connectivity index (χ4v) is 3.70. The molecule has 2 N–H and O–H groups in total. The second kappa shape index (κ2) is 7.84. The minimum Gasteiger partial charge on any atom is -0.493 e. The van der Waals surface area contributed by atoms with E-state index in [1.165, 1.54) is 5.56 Å². The van der Waals surface area contributed by atoms with Crippen LogP contribution in [0.5, 0.6) is 17.2 Å². The number of H-pyrrole nitrogens is 1. The monoisotopic (exact) mass is 382 g/mol. The largest absolute Gasteiger partial charge is 0.493 e. The van der Waals surface area contributed by atoms with E-state index in [2.05, 4.69) is 22.4 Å². The number of rotatable bonds is 6. The molecule has 28 heavy (non-hydrogen) atoms. The first-order valence-corrected chi connectivity index (χ1v) is 9.06. The van der Waals surface area contributed by atoms with Crippen molar-refractivity contribution in [2.24, 2.45) is 0 Å². The van der Waals surface area contributed by atoms with Gasteiger partial charge in [0.25, 0.3) is 0 Å². The summed E-state index contributed by atoms with van der Waals surface area (Å²) >= 11 is 0. The van der Waals surface area contributed by atoms with Crippen LogP contribution >= 0.6 is 0 Å². The van der Waals surface area contributed by atoms with Gasteiger partial charge in [0.05, 0.1) is 33.3 Å². The molecule has 0 spiro atoms. The summed E-state index contributed by atoms with van der Waals surface area (Å²) in [6.45, 7) is 6.05. The molecular weight excluding hydrogens is 356 g/mol. The third-order valence-corrected chi connectivity index (χ3v) is 4.85. The summed E-state index contributed by atoms with van der Waals surface area (Å²) in [5, 5.41) is 3.86. The van der Waals surface area contributed by atoms with Gasteiger partial charge in [0.15, 0.2) is 11.5 Å². The normalized spacial score (nSPS) is 10.8. The Balaban J connectivity index is 1.96. The standard InChI is InChI=1S/C22H26N2O4/c1-12-7-13(2)20(14(3)8-12)24-18(25)9-15-11-23-16-10-17(26-4)21(27-5)22(28-6)19(15)16/h7-8,10-11,23H,9H2,1-6H3,(H,24,25). The van der Waals surface area contributed by atoms with Crippen LogP contribution in [0, 0.1) is 20.8 Å². The first-order valence-electron chi connectivity index (χ1n) is 9.06. The van der Waals surface area contributed by atoms with E-state index in [9.17, 15) is 4.79 Å². The second-order valence-corrected chi connectivity index (χ2v) is 6.88. The Morgan fingerprint density at radius 3 is 2.18 bits per heavy atom. The summed E-state index contributed by atoms with van der Waals surface area (Å²) in [4.78, 5) is 16.0. The lowest BCUT2D eigenvalue weighted by atomic mass is 10.0. The number of aromatic nitrogens is 1. The highest BCUT2D eigenvalue weighted by Crippen LogP contribution is 2.44. The Morgan fingerprint density at radius 1 is 0.964 bits per heavy atom. The van der Waals surface area contributed by atoms with Crippen molar-refractivity contribution in [3.8, 4) is 17.2 Å². The fraction of sp³-hybridized carbons (Fsp3) is 0.318. The van der Waals surface area contributed by atoms with Crippen molar-refractivity contribution in [3.05, 3.63) is 46.6 Å². The highest BCUT2D eigenvalue weighted by Gasteiger charge is 2.21. The average molecular weight is 382 g/mol. The van der Waals surface area contributed by atoms with Gasteiger partial charge in [0.1, 0.15) is 0 Å². The van der Waals surface area contributed by atoms with E-state index in [0.29, 0.717) is 17.2 Å². The molecule has 6 heteroatoms. The number of aryl methyl sites for hydroxylation is 3. The van der Waals surface area contributed by atoms with Gasteiger partial charge in [-0.05, 0) is 37.5 Å². The quantitative estimate of drug-likeness (QED) is 0.667. The summed E-state index contributed by atoms with van der Waals surface area (Å²) in [5.41, 5.74) is 5.78. The van der Waals surface area contributed by atoms with Crippen molar-refractivity contribution in [2.75, 3.05) is 26.6 Å². The zero-order valence-corrected chi connectivity index (χ0v) is 17.1. The van der Waals surface area contributed by atoms with Crippen LogP contribution in [0.1, 0.15) is 22.3 Å². The molecule has 2 aromatic carbocycles. The molecule has 3 rings (SSSR count). The average Bonchev–Trinajstić information content (AvgIpc) is 3.05. The number of fused-ring (bicyclic) bond motifs is 1. The summed E-state index contributed by atoms with van der Waals surface area (Å²) in [6.07, 6.45) is 2.03. The van der Waals surface area contributed by atoms with Crippen molar-refractivity contribution in [2.45, 2.75) is 27.2 Å². The van der Waals surface area contributed by atoms with Crippen molar-refractivity contribution in [1.82, 2.24) is 4.98 Å². The SMILES string of the molecule is COc1cc2[nH]cc(CC(=O)Nc3c(C)cc(C)cc3C)c2c(OC)c1OC. The van der Waals surface area contributed by atoms with E-state index in [0.717, 1.165) is 33.3 Å². The van der Waals surface area contributed by atoms with Gasteiger partial charge in [-0.2, -0.15) is 0 Å². The molecule has 0 bridgehead atoms. The Labute approximate surface area is 164 Å². The van der Waals surface area contributed by atoms with Gasteiger partial charge in [-0.1, -0.05) is 17.7 Å². The first kappa shape index (κ1) is 19.6. The van der Waals surface area contributed by atoms with Crippen molar-refractivity contribution in [1.29, 1.82) is 0 Å². The molecule has 6 nitrogen and oxygen atoms in total. The predicted octanol–water partition coefficient (Wildman–Crippen LogP) is 4.30. The molecule has 0 saturated heterocycles. The predicted molar refractivity (Wildman–Crippen MR) is 111 cm³/mol. The first-order chi connectivity index (χ1) is 13.4. The van der Waals surface area contributed by atoms with Crippen LogP contribution < -0.4 is 19.5 Å². The molecule has 0 atom stereocenters. The number of aromatic amines is 1. The van der Waals surface area contributed by atoms with Crippen LogP contribution in [0.2, 0.25) is 0 Å². The molecule has 1 heterocycles. The van der Waals surface area contributed by atoms with Crippen molar-refractivity contribution < 1.29 is 19.0 Å². The number of benzene rings is 2. The number of ether oxygens (including phenoxy) is 3. The van der Waals surface area contributed by atoms with E-state index < -0.39 is 0 Å². The minimum atomic E-state index is -0.0900. The molecule has 1 aromatic heterocycles. The smallest absolute Gasteiger partial charge is 0.228 e. The molecule has 0 aliphatic carbocycles. The van der Waals surface area contributed by atoms with Crippen LogP contribution in [-0.4, -0.2) is 32.2 Å². The Hall–Kier alpha value is -3.15. The lowest BCUT2D eigenvalue weighted by Gasteiger charge is -2.15. The van der Waals surface area contributed by atoms with Gasteiger partial charge in [-0.25, -0.2) is 0 Å². The van der Waals surface area contributed by atoms with Gasteiger partial charge in [0.2, 0.25) is 11.7 Å². The van der Waals surface area contributed by atoms with Gasteiger partial charge in [0, 0.05) is 23.3 Å². The van der Waals surface area contributed by atoms with Crippen LogP contribution in [0.4, 0.5) is 5.69 Å². The van der Waals surface area contributed by atoms with Crippen LogP contribution in [0.25, 0.3) is 10.9 Å². The third kappa shape index (κ3) is 3.50. The zero-order valence-electron chi connectivity index (χ0n) is 17.1. The van der Waals surface area contributed by atoms with Gasteiger partial charge in [-0.3, -0.25) is 4.79 Å². The molecule has 3 aromatic rings. The van der Waals surface area contributed by atoms with Crippen LogP contribution in [-0.2, 0) is 11.2 Å². The highest BCUT2D eigenvalue weighted by atomic mass is 16.5. The molecule has 1 amide bonds. The van der Waals surface area contributed by atoms with E-state index in [1.807, 2.05) is 33.0 Å². The molecule has 0 saturated carbocycles. The van der Waals surface area contributed by atoms with Crippen molar-refractivity contribution in [3.63, 3.8) is 0 Å². The van der Waals surface area contributed by atoms with Gasteiger partial charge >= 0.3 is 0 Å². The molecule has 148 valence electrons. The zero-order chi connectivity index (χ0) is 20.4. The highest BCUT2D eigenvalue weighted by molar-refractivity contribution is 6.00. The van der Waals surface area contributed by atoms with Gasteiger partial charge in [-0.15, -0.1) is 0 Å². The van der Waals surface area contributed by atoms with E-state index >= 15 is 0 Å². The molecular formula is C22H26N2O4. The number of carbonyl (C=O) groups is 1. The topological polar surface area (TPSA) is 72.6 Å². The van der Waals surface area contributed by atoms with E-state index in [4.69, 9.17) is 14.2 Å². The number of methoxy groups -OCH3 is 3. The van der Waals surface area contributed by atoms with Gasteiger partial charge < -0.3 is 24.5 Å². The number of nitrogens with one attached hydrogen (secondary N) is 2. The fourth-order valence-electron chi connectivity index (χ4n) is 3.70. The Bertz CT molecular complexity index is 1010. The maximum Gasteiger partial charge on any atom is 0.228 e. The number of anilines is 1. The summed E-state index contributed by atoms with van der Waals surface area (Å²) in [6, 6.07) is 5.97. The maximum atomic E-state index is 12.8. The summed E-state index contributed by atoms with van der Waals surface area (Å²) in [7, 11) is 4.72. The van der Waals surface area contributed by atoms with Crippen molar-refractivity contribution >= 4 is 22.5 Å². The number of hydrogen-bond donors (Lipinski definition) is 2. The third-order valence-electron chi connectivity index (χ3n) is 4.85. The summed E-state index contributed by atoms with van der Waals surface area (Å²) in [5.74, 6) is 1.52. The second-order valence-electron chi connectivity index (χ2n) is 6.88. The number of carbonyl (C=O) groups excluding carboxylic acids is 1. The molecule has 0 aliphatic heterocycles. The van der Waals surface area contributed by atoms with Crippen LogP contribution in [0.15, 0.2) is 24.4 Å². The summed E-state index contributed by atoms with van der Waals surface area (Å²) < 4.78 is 16.4. The molecule has 0 unspecified atom stereocenters. The van der Waals surface area contributed by atoms with Crippen LogP contribution in [0.3, 0.4) is 0 Å². The van der Waals surface area contributed by atoms with E-state index in [1.54, 1.807) is 21.3 Å². The Morgan fingerprint density at radius 2 is 1.61 bits per heavy atom. The molecule has 0 radical (unpaired) electrons. The minimum absolute atomic E-state index is 0.0900. The Kier molecular flexibility index (Phi) is 5.49.